The molecule has 1 heterocycles. The summed E-state index contributed by atoms with van der Waals surface area (Å²) in [5.74, 6) is -0.326. The van der Waals surface area contributed by atoms with Crippen molar-refractivity contribution in [2.24, 2.45) is 5.10 Å². The molecule has 2 rings (SSSR count). The van der Waals surface area contributed by atoms with Crippen molar-refractivity contribution < 1.29 is 9.53 Å². The molecule has 1 aliphatic heterocycles. The van der Waals surface area contributed by atoms with E-state index in [2.05, 4.69) is 10.5 Å². The number of ether oxygens (including phenoxy) is 1. The topological polar surface area (TPSA) is 50.7 Å². The van der Waals surface area contributed by atoms with Gasteiger partial charge >= 0.3 is 5.97 Å². The molecule has 0 amide bonds. The highest BCUT2D eigenvalue weighted by Gasteiger charge is 2.20. The van der Waals surface area contributed by atoms with E-state index in [1.165, 1.54) is 0 Å². The van der Waals surface area contributed by atoms with Crippen LogP contribution >= 0.6 is 0 Å². The van der Waals surface area contributed by atoms with E-state index in [9.17, 15) is 4.79 Å². The van der Waals surface area contributed by atoms with Crippen LogP contribution in [0, 0.1) is 0 Å². The minimum absolute atomic E-state index is 0.326. The lowest BCUT2D eigenvalue weighted by atomic mass is 10.3. The third kappa shape index (κ3) is 1.90. The van der Waals surface area contributed by atoms with Crippen LogP contribution < -0.4 is 5.43 Å². The molecule has 1 fully saturated rings. The second kappa shape index (κ2) is 3.91. The van der Waals surface area contributed by atoms with Gasteiger partial charge in [0, 0.05) is 6.42 Å². The van der Waals surface area contributed by atoms with Gasteiger partial charge in [-0.3, -0.25) is 5.43 Å². The minimum Gasteiger partial charge on any atom is -0.461 e. The molecule has 72 valence electrons. The Kier molecular flexibility index (Phi) is 2.44. The highest BCUT2D eigenvalue weighted by Crippen LogP contribution is 2.07. The number of nitrogens with one attached hydrogen (secondary N) is 1. The predicted octanol–water partition coefficient (Wildman–Crippen LogP) is 1.40. The van der Waals surface area contributed by atoms with Crippen LogP contribution in [0.25, 0.3) is 0 Å². The van der Waals surface area contributed by atoms with Crippen molar-refractivity contribution in [1.29, 1.82) is 0 Å². The second-order valence-corrected chi connectivity index (χ2v) is 2.92. The van der Waals surface area contributed by atoms with Gasteiger partial charge in [-0.1, -0.05) is 18.2 Å². The molecule has 0 aliphatic carbocycles. The number of nitrogens with zero attached hydrogens (tertiary/aromatic N) is 1. The van der Waals surface area contributed by atoms with Crippen molar-refractivity contribution >= 4 is 17.4 Å². The molecule has 0 saturated carbocycles. The molecule has 4 nitrogen and oxygen atoms in total. The lowest BCUT2D eigenvalue weighted by Gasteiger charge is -1.98. The van der Waals surface area contributed by atoms with Gasteiger partial charge in [0.25, 0.3) is 0 Å². The van der Waals surface area contributed by atoms with Crippen molar-refractivity contribution in [2.75, 3.05) is 12.0 Å². The summed E-state index contributed by atoms with van der Waals surface area (Å²) in [5, 5.41) is 3.97. The highest BCUT2D eigenvalue weighted by molar-refractivity contribution is 6.38. The van der Waals surface area contributed by atoms with E-state index in [1.807, 2.05) is 30.3 Å². The van der Waals surface area contributed by atoms with Gasteiger partial charge in [0.1, 0.15) is 5.71 Å². The fraction of sp³-hybridized carbons (Fsp3) is 0.200. The number of benzene rings is 1. The maximum absolute atomic E-state index is 11.0. The molecule has 1 aromatic carbocycles. The summed E-state index contributed by atoms with van der Waals surface area (Å²) in [6.45, 7) is 0.439. The molecule has 1 saturated heterocycles. The summed E-state index contributed by atoms with van der Waals surface area (Å²) in [5.41, 5.74) is 4.12. The fourth-order valence-electron chi connectivity index (χ4n) is 1.17. The summed E-state index contributed by atoms with van der Waals surface area (Å²) in [7, 11) is 0. The minimum atomic E-state index is -0.326. The maximum Gasteiger partial charge on any atom is 0.354 e. The van der Waals surface area contributed by atoms with Gasteiger partial charge in [-0.15, -0.1) is 0 Å². The van der Waals surface area contributed by atoms with Crippen LogP contribution in [0.2, 0.25) is 0 Å². The Bertz CT molecular complexity index is 360. The number of para-hydroxylation sites is 1. The molecule has 1 aliphatic rings. The van der Waals surface area contributed by atoms with Gasteiger partial charge in [0.2, 0.25) is 0 Å². The van der Waals surface area contributed by atoms with Crippen molar-refractivity contribution in [2.45, 2.75) is 6.42 Å². The lowest BCUT2D eigenvalue weighted by Crippen LogP contribution is -2.08. The molecular formula is C10H10N2O2. The first kappa shape index (κ1) is 8.74. The third-order valence-corrected chi connectivity index (χ3v) is 1.90. The average molecular weight is 190 g/mol. The molecule has 1 N–H and O–H groups in total. The van der Waals surface area contributed by atoms with Gasteiger partial charge in [0.15, 0.2) is 0 Å². The van der Waals surface area contributed by atoms with Gasteiger partial charge < -0.3 is 4.74 Å². The van der Waals surface area contributed by atoms with Crippen LogP contribution in [0.4, 0.5) is 5.69 Å². The van der Waals surface area contributed by atoms with Crippen molar-refractivity contribution in [3.05, 3.63) is 30.3 Å². The monoisotopic (exact) mass is 190 g/mol. The smallest absolute Gasteiger partial charge is 0.354 e. The van der Waals surface area contributed by atoms with Crippen LogP contribution in [0.15, 0.2) is 35.4 Å². The number of carbonyl (C=O) groups is 1. The highest BCUT2D eigenvalue weighted by atomic mass is 16.5. The molecular weight excluding hydrogens is 180 g/mol. The molecule has 0 radical (unpaired) electrons. The Morgan fingerprint density at radius 3 is 2.71 bits per heavy atom. The van der Waals surface area contributed by atoms with E-state index < -0.39 is 0 Å². The normalized spacial score (nSPS) is 18.3. The average Bonchev–Trinajstić information content (AvgIpc) is 2.63. The van der Waals surface area contributed by atoms with Crippen LogP contribution in [0.5, 0.6) is 0 Å². The Morgan fingerprint density at radius 2 is 2.07 bits per heavy atom. The summed E-state index contributed by atoms with van der Waals surface area (Å²) in [6.07, 6.45) is 0.582. The van der Waals surface area contributed by atoms with E-state index in [0.717, 1.165) is 5.69 Å². The summed E-state index contributed by atoms with van der Waals surface area (Å²) < 4.78 is 4.74. The third-order valence-electron chi connectivity index (χ3n) is 1.90. The van der Waals surface area contributed by atoms with E-state index in [4.69, 9.17) is 4.74 Å². The number of anilines is 1. The van der Waals surface area contributed by atoms with Crippen LogP contribution in [0.1, 0.15) is 6.42 Å². The molecule has 0 bridgehead atoms. The van der Waals surface area contributed by atoms with Crippen molar-refractivity contribution in [1.82, 2.24) is 0 Å². The fourth-order valence-corrected chi connectivity index (χ4v) is 1.17. The second-order valence-electron chi connectivity index (χ2n) is 2.92. The first-order valence-corrected chi connectivity index (χ1v) is 4.41. The number of hydrogen-bond acceptors (Lipinski definition) is 4. The number of esters is 1. The zero-order valence-corrected chi connectivity index (χ0v) is 7.56. The summed E-state index contributed by atoms with van der Waals surface area (Å²) >= 11 is 0. The summed E-state index contributed by atoms with van der Waals surface area (Å²) in [4.78, 5) is 11.0. The van der Waals surface area contributed by atoms with Gasteiger partial charge in [-0.05, 0) is 12.1 Å². The molecule has 14 heavy (non-hydrogen) atoms. The van der Waals surface area contributed by atoms with Gasteiger partial charge in [0.05, 0.1) is 12.3 Å². The molecule has 4 heteroatoms. The molecule has 0 atom stereocenters. The molecule has 0 spiro atoms. The van der Waals surface area contributed by atoms with Crippen LogP contribution in [-0.2, 0) is 9.53 Å². The molecule has 1 aromatic rings. The molecule has 0 aromatic heterocycles. The predicted molar refractivity (Wildman–Crippen MR) is 53.1 cm³/mol. The van der Waals surface area contributed by atoms with Crippen molar-refractivity contribution in [3.8, 4) is 0 Å². The number of hydrogen-bond donors (Lipinski definition) is 1. The number of rotatable bonds is 2. The van der Waals surface area contributed by atoms with E-state index in [-0.39, 0.29) is 5.97 Å². The zero-order valence-electron chi connectivity index (χ0n) is 7.56. The van der Waals surface area contributed by atoms with Gasteiger partial charge in [-0.2, -0.15) is 5.10 Å². The quantitative estimate of drug-likeness (QED) is 0.566. The van der Waals surface area contributed by atoms with Gasteiger partial charge in [-0.25, -0.2) is 4.79 Å². The standard InChI is InChI=1S/C10H10N2O2/c13-10-9(6-7-14-10)12-11-8-4-2-1-3-5-8/h1-5,11H,6-7H2/b12-9-. The Labute approximate surface area is 81.6 Å². The number of hydrazone groups is 1. The van der Waals surface area contributed by atoms with Crippen molar-refractivity contribution in [3.63, 3.8) is 0 Å². The van der Waals surface area contributed by atoms with Crippen LogP contribution in [0.3, 0.4) is 0 Å². The Morgan fingerprint density at radius 1 is 1.29 bits per heavy atom. The first-order chi connectivity index (χ1) is 6.86. The number of cyclic esters (lactones) is 1. The summed E-state index contributed by atoms with van der Waals surface area (Å²) in [6, 6.07) is 9.47. The first-order valence-electron chi connectivity index (χ1n) is 4.41. The molecule has 0 unspecified atom stereocenters. The Hall–Kier alpha value is -1.84. The maximum atomic E-state index is 11.0. The largest absolute Gasteiger partial charge is 0.461 e. The number of carbonyl (C=O) groups excluding carboxylic acids is 1. The van der Waals surface area contributed by atoms with E-state index in [1.54, 1.807) is 0 Å². The zero-order chi connectivity index (χ0) is 9.80. The Balaban J connectivity index is 2.03. The van der Waals surface area contributed by atoms with E-state index >= 15 is 0 Å². The van der Waals surface area contributed by atoms with Crippen LogP contribution in [-0.4, -0.2) is 18.3 Å². The SMILES string of the molecule is O=C1OCC/C1=N/Nc1ccccc1. The lowest BCUT2D eigenvalue weighted by molar-refractivity contribution is -0.132. The van der Waals surface area contributed by atoms with E-state index in [0.29, 0.717) is 18.7 Å².